The van der Waals surface area contributed by atoms with E-state index < -0.39 is 5.97 Å². The van der Waals surface area contributed by atoms with Crippen molar-refractivity contribution >= 4 is 5.97 Å². The number of aromatic carboxylic acids is 1. The average Bonchev–Trinajstić information content (AvgIpc) is 2.26. The van der Waals surface area contributed by atoms with E-state index in [2.05, 4.69) is 0 Å². The lowest BCUT2D eigenvalue weighted by molar-refractivity contribution is 0.0692. The molecule has 0 spiro atoms. The van der Waals surface area contributed by atoms with E-state index in [1.807, 2.05) is 6.92 Å². The molecule has 1 N–H and O–H groups in total. The molecule has 0 heterocycles. The van der Waals surface area contributed by atoms with E-state index in [-0.39, 0.29) is 11.3 Å². The molecule has 0 fully saturated rings. The van der Waals surface area contributed by atoms with E-state index in [4.69, 9.17) is 14.6 Å². The second-order valence-corrected chi connectivity index (χ2v) is 3.04. The standard InChI is InChI=1S/C11H14O4/c1-4-7-5-8(11(12)13)10(15-3)9(6-7)14-2/h5-6H,4H2,1-3H3,(H,12,13). The van der Waals surface area contributed by atoms with Crippen LogP contribution in [-0.2, 0) is 6.42 Å². The van der Waals surface area contributed by atoms with Crippen molar-refractivity contribution in [1.82, 2.24) is 0 Å². The molecule has 4 heteroatoms. The molecule has 0 aliphatic heterocycles. The summed E-state index contributed by atoms with van der Waals surface area (Å²) in [6, 6.07) is 3.38. The van der Waals surface area contributed by atoms with E-state index >= 15 is 0 Å². The zero-order valence-electron chi connectivity index (χ0n) is 9.03. The second kappa shape index (κ2) is 4.68. The lowest BCUT2D eigenvalue weighted by Crippen LogP contribution is -2.03. The van der Waals surface area contributed by atoms with Gasteiger partial charge in [0.1, 0.15) is 5.56 Å². The van der Waals surface area contributed by atoms with Crippen molar-refractivity contribution in [3.05, 3.63) is 23.3 Å². The van der Waals surface area contributed by atoms with Crippen LogP contribution in [0.1, 0.15) is 22.8 Å². The number of hydrogen-bond donors (Lipinski definition) is 1. The molecule has 0 saturated carbocycles. The molecule has 0 radical (unpaired) electrons. The van der Waals surface area contributed by atoms with Crippen LogP contribution < -0.4 is 9.47 Å². The van der Waals surface area contributed by atoms with Gasteiger partial charge in [0.2, 0.25) is 0 Å². The maximum atomic E-state index is 11.0. The van der Waals surface area contributed by atoms with Crippen molar-refractivity contribution in [2.75, 3.05) is 14.2 Å². The Bertz CT molecular complexity index is 371. The number of carboxylic acids is 1. The molecule has 0 amide bonds. The molecule has 1 aromatic rings. The van der Waals surface area contributed by atoms with Crippen LogP contribution >= 0.6 is 0 Å². The summed E-state index contributed by atoms with van der Waals surface area (Å²) in [6.07, 6.45) is 0.751. The second-order valence-electron chi connectivity index (χ2n) is 3.04. The topological polar surface area (TPSA) is 55.8 Å². The molecule has 0 atom stereocenters. The highest BCUT2D eigenvalue weighted by molar-refractivity contribution is 5.92. The summed E-state index contributed by atoms with van der Waals surface area (Å²) in [6.45, 7) is 1.95. The summed E-state index contributed by atoms with van der Waals surface area (Å²) < 4.78 is 10.1. The van der Waals surface area contributed by atoms with Crippen LogP contribution in [0.3, 0.4) is 0 Å². The van der Waals surface area contributed by atoms with E-state index in [9.17, 15) is 4.79 Å². The molecular weight excluding hydrogens is 196 g/mol. The molecule has 0 aliphatic carbocycles. The molecule has 15 heavy (non-hydrogen) atoms. The number of rotatable bonds is 4. The van der Waals surface area contributed by atoms with Gasteiger partial charge in [0.25, 0.3) is 0 Å². The Kier molecular flexibility index (Phi) is 3.55. The summed E-state index contributed by atoms with van der Waals surface area (Å²) in [7, 11) is 2.92. The van der Waals surface area contributed by atoms with Gasteiger partial charge in [0.05, 0.1) is 14.2 Å². The first-order valence-corrected chi connectivity index (χ1v) is 4.62. The number of hydrogen-bond acceptors (Lipinski definition) is 3. The minimum Gasteiger partial charge on any atom is -0.493 e. The molecule has 82 valence electrons. The number of carbonyl (C=O) groups is 1. The first kappa shape index (κ1) is 11.4. The summed E-state index contributed by atoms with van der Waals surface area (Å²) in [4.78, 5) is 11.0. The number of carboxylic acid groups (broad SMARTS) is 1. The Hall–Kier alpha value is -1.71. The van der Waals surface area contributed by atoms with Gasteiger partial charge in [-0.05, 0) is 24.1 Å². The van der Waals surface area contributed by atoms with Gasteiger partial charge in [-0.3, -0.25) is 0 Å². The monoisotopic (exact) mass is 210 g/mol. The van der Waals surface area contributed by atoms with Crippen LogP contribution in [0.5, 0.6) is 11.5 Å². The molecule has 1 aromatic carbocycles. The first-order chi connectivity index (χ1) is 7.13. The first-order valence-electron chi connectivity index (χ1n) is 4.62. The molecule has 0 saturated heterocycles. The zero-order valence-corrected chi connectivity index (χ0v) is 9.03. The SMILES string of the molecule is CCc1cc(OC)c(OC)c(C(=O)O)c1. The molecule has 0 unspecified atom stereocenters. The minimum atomic E-state index is -1.01. The molecule has 0 aliphatic rings. The normalized spacial score (nSPS) is 9.80. The summed E-state index contributed by atoms with van der Waals surface area (Å²) in [5.41, 5.74) is 1.04. The smallest absolute Gasteiger partial charge is 0.339 e. The van der Waals surface area contributed by atoms with Gasteiger partial charge in [0, 0.05) is 0 Å². The average molecular weight is 210 g/mol. The van der Waals surface area contributed by atoms with Crippen LogP contribution in [0.2, 0.25) is 0 Å². The van der Waals surface area contributed by atoms with Crippen molar-refractivity contribution < 1.29 is 19.4 Å². The lowest BCUT2D eigenvalue weighted by Gasteiger charge is -2.12. The van der Waals surface area contributed by atoms with Crippen molar-refractivity contribution in [2.24, 2.45) is 0 Å². The van der Waals surface area contributed by atoms with Crippen molar-refractivity contribution in [3.63, 3.8) is 0 Å². The largest absolute Gasteiger partial charge is 0.493 e. The lowest BCUT2D eigenvalue weighted by atomic mass is 10.1. The number of aryl methyl sites for hydroxylation is 1. The van der Waals surface area contributed by atoms with Gasteiger partial charge in [-0.1, -0.05) is 6.92 Å². The fourth-order valence-electron chi connectivity index (χ4n) is 1.38. The van der Waals surface area contributed by atoms with E-state index in [1.54, 1.807) is 12.1 Å². The van der Waals surface area contributed by atoms with Crippen LogP contribution in [0.25, 0.3) is 0 Å². The number of methoxy groups -OCH3 is 2. The fourth-order valence-corrected chi connectivity index (χ4v) is 1.38. The molecule has 0 aromatic heterocycles. The van der Waals surface area contributed by atoms with Crippen molar-refractivity contribution in [2.45, 2.75) is 13.3 Å². The predicted molar refractivity (Wildman–Crippen MR) is 55.9 cm³/mol. The highest BCUT2D eigenvalue weighted by atomic mass is 16.5. The Morgan fingerprint density at radius 1 is 1.33 bits per heavy atom. The Labute approximate surface area is 88.4 Å². The van der Waals surface area contributed by atoms with Gasteiger partial charge in [-0.2, -0.15) is 0 Å². The zero-order chi connectivity index (χ0) is 11.4. The Morgan fingerprint density at radius 3 is 2.40 bits per heavy atom. The van der Waals surface area contributed by atoms with Gasteiger partial charge >= 0.3 is 5.97 Å². The molecular formula is C11H14O4. The Morgan fingerprint density at radius 2 is 2.00 bits per heavy atom. The van der Waals surface area contributed by atoms with Crippen molar-refractivity contribution in [1.29, 1.82) is 0 Å². The maximum absolute atomic E-state index is 11.0. The predicted octanol–water partition coefficient (Wildman–Crippen LogP) is 1.96. The molecule has 4 nitrogen and oxygen atoms in total. The van der Waals surface area contributed by atoms with Crippen LogP contribution in [0.4, 0.5) is 0 Å². The van der Waals surface area contributed by atoms with E-state index in [0.717, 1.165) is 12.0 Å². The van der Waals surface area contributed by atoms with Gasteiger partial charge in [0.15, 0.2) is 11.5 Å². The third-order valence-electron chi connectivity index (χ3n) is 2.18. The third-order valence-corrected chi connectivity index (χ3v) is 2.18. The van der Waals surface area contributed by atoms with Crippen LogP contribution in [0.15, 0.2) is 12.1 Å². The summed E-state index contributed by atoms with van der Waals surface area (Å²) >= 11 is 0. The van der Waals surface area contributed by atoms with Crippen molar-refractivity contribution in [3.8, 4) is 11.5 Å². The quantitative estimate of drug-likeness (QED) is 0.825. The molecule has 1 rings (SSSR count). The van der Waals surface area contributed by atoms with Gasteiger partial charge in [-0.15, -0.1) is 0 Å². The van der Waals surface area contributed by atoms with Crippen LogP contribution in [0, 0.1) is 0 Å². The summed E-state index contributed by atoms with van der Waals surface area (Å²) in [5.74, 6) is -0.295. The number of benzene rings is 1. The van der Waals surface area contributed by atoms with Crippen LogP contribution in [-0.4, -0.2) is 25.3 Å². The van der Waals surface area contributed by atoms with Gasteiger partial charge < -0.3 is 14.6 Å². The fraction of sp³-hybridized carbons (Fsp3) is 0.364. The highest BCUT2D eigenvalue weighted by Crippen LogP contribution is 2.32. The van der Waals surface area contributed by atoms with E-state index in [0.29, 0.717) is 5.75 Å². The molecule has 0 bridgehead atoms. The van der Waals surface area contributed by atoms with E-state index in [1.165, 1.54) is 14.2 Å². The third kappa shape index (κ3) is 2.21. The minimum absolute atomic E-state index is 0.133. The van der Waals surface area contributed by atoms with Gasteiger partial charge in [-0.25, -0.2) is 4.79 Å². The Balaban J connectivity index is 3.39. The highest BCUT2D eigenvalue weighted by Gasteiger charge is 2.16. The number of ether oxygens (including phenoxy) is 2. The maximum Gasteiger partial charge on any atom is 0.339 e. The summed E-state index contributed by atoms with van der Waals surface area (Å²) in [5, 5.41) is 9.00.